The number of aryl methyl sites for hydroxylation is 1. The van der Waals surface area contributed by atoms with E-state index in [1.54, 1.807) is 20.0 Å². The molecule has 0 atom stereocenters. The Morgan fingerprint density at radius 1 is 1.15 bits per heavy atom. The zero-order chi connectivity index (χ0) is 19.4. The molecule has 0 saturated heterocycles. The Morgan fingerprint density at radius 2 is 1.89 bits per heavy atom. The Bertz CT molecular complexity index is 1020. The first-order valence-corrected chi connectivity index (χ1v) is 9.93. The molecule has 0 fully saturated rings. The Hall–Kier alpha value is -2.71. The van der Waals surface area contributed by atoms with Gasteiger partial charge in [-0.2, -0.15) is 9.29 Å². The minimum Gasteiger partial charge on any atom is -0.493 e. The van der Waals surface area contributed by atoms with Gasteiger partial charge in [-0.05, 0) is 37.6 Å². The first-order chi connectivity index (χ1) is 12.9. The normalized spacial score (nSPS) is 11.7. The van der Waals surface area contributed by atoms with Gasteiger partial charge in [0.15, 0.2) is 5.82 Å². The molecule has 27 heavy (non-hydrogen) atoms. The van der Waals surface area contributed by atoms with E-state index < -0.39 is 10.0 Å². The smallest absolute Gasteiger partial charge is 0.261 e. The molecule has 0 radical (unpaired) electrons. The third-order valence-corrected chi connectivity index (χ3v) is 5.76. The summed E-state index contributed by atoms with van der Waals surface area (Å²) in [5.74, 6) is 1.17. The van der Waals surface area contributed by atoms with Crippen LogP contribution in [-0.4, -0.2) is 36.5 Å². The van der Waals surface area contributed by atoms with Gasteiger partial charge in [0.25, 0.3) is 5.89 Å². The van der Waals surface area contributed by atoms with Crippen molar-refractivity contribution < 1.29 is 17.7 Å². The van der Waals surface area contributed by atoms with Crippen LogP contribution in [0.3, 0.4) is 0 Å². The highest BCUT2D eigenvalue weighted by atomic mass is 32.2. The summed E-state index contributed by atoms with van der Waals surface area (Å²) < 4.78 is 38.1. The summed E-state index contributed by atoms with van der Waals surface area (Å²) in [7, 11) is -2.15. The third-order valence-electron chi connectivity index (χ3n) is 3.97. The van der Waals surface area contributed by atoms with Crippen LogP contribution < -0.4 is 4.74 Å². The fourth-order valence-corrected chi connectivity index (χ4v) is 3.82. The SMILES string of the molecule is CCOc1ccc(S(=O)(=O)N(C)Cc2ccccc2)cc1-c1nc(C)no1. The van der Waals surface area contributed by atoms with Gasteiger partial charge in [-0.3, -0.25) is 0 Å². The van der Waals surface area contributed by atoms with Crippen molar-refractivity contribution in [3.63, 3.8) is 0 Å². The minimum atomic E-state index is -3.70. The highest BCUT2D eigenvalue weighted by Gasteiger charge is 2.24. The topological polar surface area (TPSA) is 85.5 Å². The quantitative estimate of drug-likeness (QED) is 0.618. The molecular weight excluding hydrogens is 366 g/mol. The number of ether oxygens (including phenoxy) is 1. The summed E-state index contributed by atoms with van der Waals surface area (Å²) in [5.41, 5.74) is 1.36. The maximum atomic E-state index is 13.0. The lowest BCUT2D eigenvalue weighted by Crippen LogP contribution is -2.26. The van der Waals surface area contributed by atoms with Crippen LogP contribution >= 0.6 is 0 Å². The summed E-state index contributed by atoms with van der Waals surface area (Å²) in [5, 5.41) is 3.78. The average Bonchev–Trinajstić information content (AvgIpc) is 3.09. The molecule has 0 saturated carbocycles. The molecule has 7 nitrogen and oxygen atoms in total. The van der Waals surface area contributed by atoms with Gasteiger partial charge in [0.1, 0.15) is 5.75 Å². The molecule has 0 amide bonds. The fourth-order valence-electron chi connectivity index (χ4n) is 2.63. The van der Waals surface area contributed by atoms with Crippen molar-refractivity contribution >= 4 is 10.0 Å². The van der Waals surface area contributed by atoms with Crippen LogP contribution in [0, 0.1) is 6.92 Å². The molecule has 8 heteroatoms. The summed E-state index contributed by atoms with van der Waals surface area (Å²) in [6.07, 6.45) is 0. The van der Waals surface area contributed by atoms with Crippen molar-refractivity contribution in [3.05, 3.63) is 59.9 Å². The van der Waals surface area contributed by atoms with Crippen LogP contribution in [0.2, 0.25) is 0 Å². The van der Waals surface area contributed by atoms with Crippen LogP contribution in [0.25, 0.3) is 11.5 Å². The molecular formula is C19H21N3O4S. The lowest BCUT2D eigenvalue weighted by atomic mass is 10.2. The molecule has 1 heterocycles. The Morgan fingerprint density at radius 3 is 2.52 bits per heavy atom. The summed E-state index contributed by atoms with van der Waals surface area (Å²) >= 11 is 0. The molecule has 3 rings (SSSR count). The Labute approximate surface area is 158 Å². The van der Waals surface area contributed by atoms with Gasteiger partial charge in [0.2, 0.25) is 10.0 Å². The molecule has 3 aromatic rings. The van der Waals surface area contributed by atoms with Gasteiger partial charge in [-0.1, -0.05) is 35.5 Å². The highest BCUT2D eigenvalue weighted by molar-refractivity contribution is 7.89. The molecule has 142 valence electrons. The molecule has 0 aliphatic rings. The first-order valence-electron chi connectivity index (χ1n) is 8.49. The largest absolute Gasteiger partial charge is 0.493 e. The molecule has 0 spiro atoms. The second kappa shape index (κ2) is 7.89. The molecule has 0 unspecified atom stereocenters. The zero-order valence-electron chi connectivity index (χ0n) is 15.4. The van der Waals surface area contributed by atoms with Crippen molar-refractivity contribution in [2.45, 2.75) is 25.3 Å². The van der Waals surface area contributed by atoms with Gasteiger partial charge in [-0.15, -0.1) is 0 Å². The molecule has 2 aromatic carbocycles. The Balaban J connectivity index is 1.97. The number of nitrogens with zero attached hydrogens (tertiary/aromatic N) is 3. The number of sulfonamides is 1. The van der Waals surface area contributed by atoms with E-state index >= 15 is 0 Å². The van der Waals surface area contributed by atoms with E-state index in [1.165, 1.54) is 16.4 Å². The van der Waals surface area contributed by atoms with Gasteiger partial charge < -0.3 is 9.26 Å². The number of benzene rings is 2. The number of rotatable bonds is 7. The predicted octanol–water partition coefficient (Wildman–Crippen LogP) is 3.26. The predicted molar refractivity (Wildman–Crippen MR) is 101 cm³/mol. The molecule has 0 aliphatic heterocycles. The van der Waals surface area contributed by atoms with E-state index in [-0.39, 0.29) is 17.3 Å². The van der Waals surface area contributed by atoms with E-state index in [9.17, 15) is 8.42 Å². The van der Waals surface area contributed by atoms with Gasteiger partial charge in [0, 0.05) is 13.6 Å². The third kappa shape index (κ3) is 4.17. The van der Waals surface area contributed by atoms with Gasteiger partial charge in [-0.25, -0.2) is 8.42 Å². The summed E-state index contributed by atoms with van der Waals surface area (Å²) in [6.45, 7) is 4.24. The maximum absolute atomic E-state index is 13.0. The van der Waals surface area contributed by atoms with Crippen LogP contribution in [0.1, 0.15) is 18.3 Å². The molecule has 0 N–H and O–H groups in total. The van der Waals surface area contributed by atoms with Gasteiger partial charge in [0.05, 0.1) is 17.1 Å². The highest BCUT2D eigenvalue weighted by Crippen LogP contribution is 2.32. The number of aromatic nitrogens is 2. The van der Waals surface area contributed by atoms with Gasteiger partial charge >= 0.3 is 0 Å². The minimum absolute atomic E-state index is 0.134. The Kier molecular flexibility index (Phi) is 5.57. The zero-order valence-corrected chi connectivity index (χ0v) is 16.2. The first kappa shape index (κ1) is 19.1. The molecule has 1 aromatic heterocycles. The van der Waals surface area contributed by atoms with E-state index in [0.29, 0.717) is 23.7 Å². The maximum Gasteiger partial charge on any atom is 0.261 e. The van der Waals surface area contributed by atoms with Crippen LogP contribution in [-0.2, 0) is 16.6 Å². The monoisotopic (exact) mass is 387 g/mol. The lowest BCUT2D eigenvalue weighted by Gasteiger charge is -2.18. The van der Waals surface area contributed by atoms with Crippen molar-refractivity contribution in [1.29, 1.82) is 0 Å². The van der Waals surface area contributed by atoms with E-state index in [0.717, 1.165) is 5.56 Å². The standard InChI is InChI=1S/C19H21N3O4S/c1-4-25-18-11-10-16(12-17(18)19-20-14(2)21-26-19)27(23,24)22(3)13-15-8-6-5-7-9-15/h5-12H,4,13H2,1-3H3. The lowest BCUT2D eigenvalue weighted by molar-refractivity contribution is 0.339. The molecule has 0 aliphatic carbocycles. The van der Waals surface area contributed by atoms with Crippen molar-refractivity contribution in [2.75, 3.05) is 13.7 Å². The fraction of sp³-hybridized carbons (Fsp3) is 0.263. The van der Waals surface area contributed by atoms with Crippen molar-refractivity contribution in [2.24, 2.45) is 0 Å². The van der Waals surface area contributed by atoms with Crippen LogP contribution in [0.15, 0.2) is 57.9 Å². The molecule has 0 bridgehead atoms. The number of hydrogen-bond acceptors (Lipinski definition) is 6. The second-order valence-corrected chi connectivity index (χ2v) is 8.03. The van der Waals surface area contributed by atoms with E-state index in [2.05, 4.69) is 10.1 Å². The van der Waals surface area contributed by atoms with E-state index in [4.69, 9.17) is 9.26 Å². The average molecular weight is 387 g/mol. The summed E-state index contributed by atoms with van der Waals surface area (Å²) in [4.78, 5) is 4.33. The van der Waals surface area contributed by atoms with E-state index in [1.807, 2.05) is 37.3 Å². The number of hydrogen-bond donors (Lipinski definition) is 0. The van der Waals surface area contributed by atoms with Crippen molar-refractivity contribution in [1.82, 2.24) is 14.4 Å². The van der Waals surface area contributed by atoms with Crippen molar-refractivity contribution in [3.8, 4) is 17.2 Å². The summed E-state index contributed by atoms with van der Waals surface area (Å²) in [6, 6.07) is 14.1. The van der Waals surface area contributed by atoms with Crippen LogP contribution in [0.4, 0.5) is 0 Å². The second-order valence-electron chi connectivity index (χ2n) is 5.98. The van der Waals surface area contributed by atoms with Crippen LogP contribution in [0.5, 0.6) is 5.75 Å².